The molecule has 0 aliphatic carbocycles. The van der Waals surface area contributed by atoms with Crippen LogP contribution >= 0.6 is 0 Å². The number of carbonyl (C=O) groups excluding carboxylic acids is 2. The lowest BCUT2D eigenvalue weighted by molar-refractivity contribution is -0.148. The van der Waals surface area contributed by atoms with Crippen LogP contribution in [0.4, 0.5) is 0 Å². The van der Waals surface area contributed by atoms with Crippen LogP contribution in [-0.4, -0.2) is 42.5 Å². The molecule has 114 valence electrons. The number of aryl methyl sites for hydroxylation is 1. The summed E-state index contributed by atoms with van der Waals surface area (Å²) in [6.07, 6.45) is -0.982. The molecule has 0 aromatic heterocycles. The van der Waals surface area contributed by atoms with Crippen LogP contribution in [0, 0.1) is 6.92 Å². The Labute approximate surface area is 123 Å². The smallest absolute Gasteiger partial charge is 0.334 e. The number of carboxylic acid groups (broad SMARTS) is 1. The van der Waals surface area contributed by atoms with Gasteiger partial charge in [0.2, 0.25) is 5.91 Å². The van der Waals surface area contributed by atoms with Gasteiger partial charge in [-0.15, -0.1) is 0 Å². The van der Waals surface area contributed by atoms with Crippen molar-refractivity contribution in [1.29, 1.82) is 0 Å². The molecular weight excluding hydrogens is 274 g/mol. The Morgan fingerprint density at radius 1 is 1.19 bits per heavy atom. The van der Waals surface area contributed by atoms with Gasteiger partial charge >= 0.3 is 5.97 Å². The van der Waals surface area contributed by atoms with Gasteiger partial charge in [-0.2, -0.15) is 0 Å². The molecule has 21 heavy (non-hydrogen) atoms. The zero-order valence-electron chi connectivity index (χ0n) is 12.1. The second kappa shape index (κ2) is 8.16. The molecule has 0 fully saturated rings. The van der Waals surface area contributed by atoms with Crippen molar-refractivity contribution in [3.05, 3.63) is 35.4 Å². The molecule has 0 saturated heterocycles. The van der Waals surface area contributed by atoms with E-state index in [9.17, 15) is 14.4 Å². The number of aliphatic carboxylic acids is 1. The molecule has 0 aliphatic rings. The largest absolute Gasteiger partial charge is 0.479 e. The van der Waals surface area contributed by atoms with E-state index in [1.165, 1.54) is 7.11 Å². The van der Waals surface area contributed by atoms with Crippen LogP contribution < -0.4 is 5.32 Å². The Balaban J connectivity index is 2.37. The molecule has 6 heteroatoms. The summed E-state index contributed by atoms with van der Waals surface area (Å²) in [4.78, 5) is 34.1. The van der Waals surface area contributed by atoms with Gasteiger partial charge in [-0.1, -0.05) is 29.8 Å². The number of benzene rings is 1. The standard InChI is InChI=1S/C15H19NO5/c1-10-3-5-11(6-4-10)12(17)7-8-14(18)16-9-13(21-2)15(19)20/h3-6,13H,7-9H2,1-2H3,(H,16,18)(H,19,20). The minimum absolute atomic E-state index is 0.0166. The van der Waals surface area contributed by atoms with Crippen LogP contribution in [-0.2, 0) is 14.3 Å². The molecule has 1 unspecified atom stereocenters. The van der Waals surface area contributed by atoms with Gasteiger partial charge in [0.05, 0.1) is 6.54 Å². The van der Waals surface area contributed by atoms with Crippen LogP contribution in [0.5, 0.6) is 0 Å². The van der Waals surface area contributed by atoms with E-state index in [4.69, 9.17) is 5.11 Å². The molecule has 0 aliphatic heterocycles. The summed E-state index contributed by atoms with van der Waals surface area (Å²) in [5.41, 5.74) is 1.62. The third-order valence-electron chi connectivity index (χ3n) is 3.00. The van der Waals surface area contributed by atoms with Gasteiger partial charge in [-0.25, -0.2) is 4.79 Å². The predicted molar refractivity (Wildman–Crippen MR) is 76.2 cm³/mol. The zero-order valence-corrected chi connectivity index (χ0v) is 12.1. The summed E-state index contributed by atoms with van der Waals surface area (Å²) in [6.45, 7) is 1.81. The molecule has 0 saturated carbocycles. The first kappa shape index (κ1) is 16.8. The second-order valence-electron chi connectivity index (χ2n) is 4.66. The van der Waals surface area contributed by atoms with E-state index >= 15 is 0 Å². The summed E-state index contributed by atoms with van der Waals surface area (Å²) in [6, 6.07) is 7.12. The summed E-state index contributed by atoms with van der Waals surface area (Å²) < 4.78 is 4.69. The average molecular weight is 293 g/mol. The molecule has 0 radical (unpaired) electrons. The molecule has 0 spiro atoms. The normalized spacial score (nSPS) is 11.7. The summed E-state index contributed by atoms with van der Waals surface area (Å²) >= 11 is 0. The van der Waals surface area contributed by atoms with Crippen molar-refractivity contribution in [2.75, 3.05) is 13.7 Å². The van der Waals surface area contributed by atoms with Gasteiger partial charge < -0.3 is 15.2 Å². The third kappa shape index (κ3) is 5.74. The minimum atomic E-state index is -1.14. The van der Waals surface area contributed by atoms with E-state index in [-0.39, 0.29) is 31.1 Å². The quantitative estimate of drug-likeness (QED) is 0.702. The van der Waals surface area contributed by atoms with Crippen LogP contribution in [0.1, 0.15) is 28.8 Å². The van der Waals surface area contributed by atoms with Crippen LogP contribution in [0.15, 0.2) is 24.3 Å². The number of Topliss-reactive ketones (excluding diaryl/α,β-unsaturated/α-hetero) is 1. The van der Waals surface area contributed by atoms with Crippen molar-refractivity contribution in [3.63, 3.8) is 0 Å². The number of amides is 1. The topological polar surface area (TPSA) is 92.7 Å². The third-order valence-corrected chi connectivity index (χ3v) is 3.00. The number of ketones is 1. The lowest BCUT2D eigenvalue weighted by atomic mass is 10.1. The number of hydrogen-bond donors (Lipinski definition) is 2. The monoisotopic (exact) mass is 293 g/mol. The Bertz CT molecular complexity index is 509. The van der Waals surface area contributed by atoms with Crippen molar-refractivity contribution in [2.45, 2.75) is 25.9 Å². The highest BCUT2D eigenvalue weighted by Crippen LogP contribution is 2.07. The van der Waals surface area contributed by atoms with Crippen molar-refractivity contribution in [3.8, 4) is 0 Å². The first-order valence-electron chi connectivity index (χ1n) is 6.56. The Hall–Kier alpha value is -2.21. The molecule has 1 atom stereocenters. The molecule has 0 heterocycles. The summed E-state index contributed by atoms with van der Waals surface area (Å²) in [7, 11) is 1.26. The fraction of sp³-hybridized carbons (Fsp3) is 0.400. The van der Waals surface area contributed by atoms with E-state index in [1.807, 2.05) is 19.1 Å². The van der Waals surface area contributed by atoms with Crippen molar-refractivity contribution >= 4 is 17.7 Å². The first-order chi connectivity index (χ1) is 9.93. The molecule has 0 bridgehead atoms. The Morgan fingerprint density at radius 3 is 2.33 bits per heavy atom. The van der Waals surface area contributed by atoms with Crippen LogP contribution in [0.3, 0.4) is 0 Å². The Kier molecular flexibility index (Phi) is 6.55. The number of carbonyl (C=O) groups is 3. The average Bonchev–Trinajstić information content (AvgIpc) is 2.45. The van der Waals surface area contributed by atoms with Gasteiger partial charge in [0.25, 0.3) is 0 Å². The molecule has 1 aromatic carbocycles. The maximum atomic E-state index is 11.9. The van der Waals surface area contributed by atoms with Gasteiger partial charge in [0.1, 0.15) is 0 Å². The van der Waals surface area contributed by atoms with E-state index in [0.717, 1.165) is 5.56 Å². The highest BCUT2D eigenvalue weighted by Gasteiger charge is 2.17. The summed E-state index contributed by atoms with van der Waals surface area (Å²) in [5.74, 6) is -1.64. The fourth-order valence-corrected chi connectivity index (χ4v) is 1.68. The van der Waals surface area contributed by atoms with Crippen LogP contribution in [0.25, 0.3) is 0 Å². The first-order valence-corrected chi connectivity index (χ1v) is 6.56. The zero-order chi connectivity index (χ0) is 15.8. The minimum Gasteiger partial charge on any atom is -0.479 e. The van der Waals surface area contributed by atoms with Gasteiger partial charge in [-0.3, -0.25) is 9.59 Å². The lowest BCUT2D eigenvalue weighted by Gasteiger charge is -2.11. The second-order valence-corrected chi connectivity index (χ2v) is 4.66. The van der Waals surface area contributed by atoms with Crippen LogP contribution in [0.2, 0.25) is 0 Å². The number of rotatable bonds is 8. The highest BCUT2D eigenvalue weighted by molar-refractivity contribution is 5.98. The number of carboxylic acids is 1. The van der Waals surface area contributed by atoms with Crippen molar-refractivity contribution in [1.82, 2.24) is 5.32 Å². The van der Waals surface area contributed by atoms with Gasteiger partial charge in [-0.05, 0) is 6.92 Å². The molecule has 1 rings (SSSR count). The molecule has 6 nitrogen and oxygen atoms in total. The van der Waals surface area contributed by atoms with Gasteiger partial charge in [0.15, 0.2) is 11.9 Å². The summed E-state index contributed by atoms with van der Waals surface area (Å²) in [5, 5.41) is 11.2. The van der Waals surface area contributed by atoms with Crippen molar-refractivity contribution < 1.29 is 24.2 Å². The molecular formula is C15H19NO5. The molecule has 1 aromatic rings. The maximum Gasteiger partial charge on any atom is 0.334 e. The predicted octanol–water partition coefficient (Wildman–Crippen LogP) is 1.17. The maximum absolute atomic E-state index is 11.9. The number of hydrogen-bond acceptors (Lipinski definition) is 4. The van der Waals surface area contributed by atoms with Crippen molar-refractivity contribution in [2.24, 2.45) is 0 Å². The van der Waals surface area contributed by atoms with E-state index in [2.05, 4.69) is 10.1 Å². The lowest BCUT2D eigenvalue weighted by Crippen LogP contribution is -2.37. The number of ether oxygens (including phenoxy) is 1. The number of methoxy groups -OCH3 is 1. The molecule has 1 amide bonds. The SMILES string of the molecule is COC(CNC(=O)CCC(=O)c1ccc(C)cc1)C(=O)O. The van der Waals surface area contributed by atoms with E-state index < -0.39 is 12.1 Å². The van der Waals surface area contributed by atoms with E-state index in [0.29, 0.717) is 5.56 Å². The van der Waals surface area contributed by atoms with Gasteiger partial charge in [0, 0.05) is 25.5 Å². The fourth-order valence-electron chi connectivity index (χ4n) is 1.68. The highest BCUT2D eigenvalue weighted by atomic mass is 16.5. The number of nitrogens with one attached hydrogen (secondary N) is 1. The Morgan fingerprint density at radius 2 is 1.81 bits per heavy atom. The van der Waals surface area contributed by atoms with E-state index in [1.54, 1.807) is 12.1 Å². The molecule has 2 N–H and O–H groups in total.